The number of carbonyl (C=O) groups is 1. The molecule has 1 amide bonds. The zero-order valence-electron chi connectivity index (χ0n) is 17.3. The Balaban J connectivity index is 1.73. The molecule has 0 saturated heterocycles. The van der Waals surface area contributed by atoms with E-state index < -0.39 is 0 Å². The van der Waals surface area contributed by atoms with Crippen molar-refractivity contribution in [3.8, 4) is 22.8 Å². The van der Waals surface area contributed by atoms with Gasteiger partial charge in [-0.05, 0) is 48.7 Å². The Labute approximate surface area is 175 Å². The van der Waals surface area contributed by atoms with Crippen molar-refractivity contribution >= 4 is 11.6 Å². The number of nitrogens with one attached hydrogen (secondary N) is 2. The minimum absolute atomic E-state index is 0.270. The number of aromatic nitrogens is 2. The lowest BCUT2D eigenvalue weighted by Gasteiger charge is -2.13. The highest BCUT2D eigenvalue weighted by Gasteiger charge is 2.12. The topological polar surface area (TPSA) is 93.3 Å². The fourth-order valence-electron chi connectivity index (χ4n) is 2.80. The van der Waals surface area contributed by atoms with Crippen LogP contribution >= 0.6 is 0 Å². The van der Waals surface area contributed by atoms with Crippen LogP contribution in [-0.2, 0) is 0 Å². The van der Waals surface area contributed by atoms with Crippen LogP contribution in [0.5, 0.6) is 11.5 Å². The number of hydrogen-bond acceptors (Lipinski definition) is 5. The molecule has 0 saturated carbocycles. The largest absolute Gasteiger partial charge is 0.493 e. The van der Waals surface area contributed by atoms with Gasteiger partial charge in [0.2, 0.25) is 0 Å². The predicted molar refractivity (Wildman–Crippen MR) is 116 cm³/mol. The highest BCUT2D eigenvalue weighted by atomic mass is 16.5. The summed E-state index contributed by atoms with van der Waals surface area (Å²) in [6, 6.07) is 15.4. The summed E-state index contributed by atoms with van der Waals surface area (Å²) in [5.41, 5.74) is 2.18. The Morgan fingerprint density at radius 1 is 1.10 bits per heavy atom. The number of H-pyrrole nitrogens is 1. The molecule has 0 fully saturated rings. The van der Waals surface area contributed by atoms with Gasteiger partial charge in [0.05, 0.1) is 19.4 Å². The highest BCUT2D eigenvalue weighted by molar-refractivity contribution is 6.04. The van der Waals surface area contributed by atoms with Crippen LogP contribution in [0.2, 0.25) is 0 Å². The van der Waals surface area contributed by atoms with Gasteiger partial charge in [0.25, 0.3) is 11.5 Å². The number of anilines is 1. The molecular weight excluding hydrogens is 382 g/mol. The second-order valence-corrected chi connectivity index (χ2v) is 7.24. The molecule has 7 heteroatoms. The molecule has 2 aromatic carbocycles. The number of carbonyl (C=O) groups excluding carboxylic acids is 1. The van der Waals surface area contributed by atoms with Gasteiger partial charge < -0.3 is 14.8 Å². The van der Waals surface area contributed by atoms with Crippen molar-refractivity contribution in [2.24, 2.45) is 5.92 Å². The van der Waals surface area contributed by atoms with Crippen LogP contribution in [0, 0.1) is 5.92 Å². The standard InChI is InChI=1S/C23H25N3O4/c1-15(2)11-12-30-20-9-7-17(14-21(20)29-3)23(28)24-18-6-4-5-16(13-18)19-8-10-22(27)26-25-19/h4-10,13-15H,11-12H2,1-3H3,(H,24,28)(H,26,27). The molecule has 0 aliphatic carbocycles. The summed E-state index contributed by atoms with van der Waals surface area (Å²) >= 11 is 0. The Morgan fingerprint density at radius 2 is 1.93 bits per heavy atom. The molecule has 0 spiro atoms. The number of rotatable bonds is 8. The fraction of sp³-hybridized carbons (Fsp3) is 0.261. The predicted octanol–water partition coefficient (Wildman–Crippen LogP) is 4.12. The molecule has 3 aromatic rings. The van der Waals surface area contributed by atoms with Gasteiger partial charge in [0.15, 0.2) is 11.5 Å². The number of aromatic amines is 1. The van der Waals surface area contributed by atoms with Crippen LogP contribution in [0.3, 0.4) is 0 Å². The van der Waals surface area contributed by atoms with Crippen LogP contribution < -0.4 is 20.3 Å². The highest BCUT2D eigenvalue weighted by Crippen LogP contribution is 2.29. The number of benzene rings is 2. The maximum atomic E-state index is 12.7. The van der Waals surface area contributed by atoms with E-state index in [2.05, 4.69) is 29.4 Å². The minimum atomic E-state index is -0.270. The van der Waals surface area contributed by atoms with Gasteiger partial charge in [-0.3, -0.25) is 9.59 Å². The summed E-state index contributed by atoms with van der Waals surface area (Å²) in [6.45, 7) is 4.86. The van der Waals surface area contributed by atoms with E-state index in [1.54, 1.807) is 43.5 Å². The van der Waals surface area contributed by atoms with Crippen LogP contribution in [0.25, 0.3) is 11.3 Å². The number of nitrogens with zero attached hydrogens (tertiary/aromatic N) is 1. The lowest BCUT2D eigenvalue weighted by atomic mass is 10.1. The average Bonchev–Trinajstić information content (AvgIpc) is 2.74. The molecule has 1 heterocycles. The first-order valence-corrected chi connectivity index (χ1v) is 9.74. The first-order valence-electron chi connectivity index (χ1n) is 9.74. The van der Waals surface area contributed by atoms with Crippen LogP contribution in [0.1, 0.15) is 30.6 Å². The third-order valence-corrected chi connectivity index (χ3v) is 4.47. The molecule has 3 rings (SSSR count). The van der Waals surface area contributed by atoms with Crippen LogP contribution in [0.4, 0.5) is 5.69 Å². The Kier molecular flexibility index (Phi) is 6.85. The summed E-state index contributed by atoms with van der Waals surface area (Å²) < 4.78 is 11.2. The third kappa shape index (κ3) is 5.47. The van der Waals surface area contributed by atoms with Gasteiger partial charge in [-0.1, -0.05) is 26.0 Å². The monoisotopic (exact) mass is 407 g/mol. The first-order chi connectivity index (χ1) is 14.5. The molecular formula is C23H25N3O4. The number of ether oxygens (including phenoxy) is 2. The zero-order valence-corrected chi connectivity index (χ0v) is 17.3. The molecule has 1 aromatic heterocycles. The molecule has 0 bridgehead atoms. The molecule has 2 N–H and O–H groups in total. The summed E-state index contributed by atoms with van der Waals surface area (Å²) in [4.78, 5) is 23.9. The maximum Gasteiger partial charge on any atom is 0.264 e. The summed E-state index contributed by atoms with van der Waals surface area (Å²) in [5.74, 6) is 1.40. The lowest BCUT2D eigenvalue weighted by molar-refractivity contribution is 0.102. The molecule has 156 valence electrons. The number of hydrogen-bond donors (Lipinski definition) is 2. The molecule has 0 aliphatic rings. The van der Waals surface area contributed by atoms with Gasteiger partial charge in [-0.25, -0.2) is 5.10 Å². The summed E-state index contributed by atoms with van der Waals surface area (Å²) in [7, 11) is 1.55. The van der Waals surface area contributed by atoms with Crippen molar-refractivity contribution in [2.75, 3.05) is 19.0 Å². The smallest absolute Gasteiger partial charge is 0.264 e. The van der Waals surface area contributed by atoms with Crippen molar-refractivity contribution in [3.05, 3.63) is 70.5 Å². The van der Waals surface area contributed by atoms with E-state index in [0.717, 1.165) is 12.0 Å². The maximum absolute atomic E-state index is 12.7. The van der Waals surface area contributed by atoms with Gasteiger partial charge in [-0.2, -0.15) is 5.10 Å². The van der Waals surface area contributed by atoms with E-state index in [-0.39, 0.29) is 11.5 Å². The molecule has 0 atom stereocenters. The molecule has 30 heavy (non-hydrogen) atoms. The quantitative estimate of drug-likeness (QED) is 0.586. The van der Waals surface area contributed by atoms with Crippen molar-refractivity contribution < 1.29 is 14.3 Å². The van der Waals surface area contributed by atoms with E-state index >= 15 is 0 Å². The van der Waals surface area contributed by atoms with E-state index in [4.69, 9.17) is 9.47 Å². The van der Waals surface area contributed by atoms with Crippen molar-refractivity contribution in [1.29, 1.82) is 0 Å². The van der Waals surface area contributed by atoms with E-state index in [9.17, 15) is 9.59 Å². The van der Waals surface area contributed by atoms with Crippen LogP contribution in [-0.4, -0.2) is 29.8 Å². The number of amides is 1. The van der Waals surface area contributed by atoms with E-state index in [1.807, 2.05) is 12.1 Å². The zero-order chi connectivity index (χ0) is 21.5. The normalized spacial score (nSPS) is 10.7. The molecule has 0 aliphatic heterocycles. The second-order valence-electron chi connectivity index (χ2n) is 7.24. The van der Waals surface area contributed by atoms with E-state index in [1.165, 1.54) is 6.07 Å². The minimum Gasteiger partial charge on any atom is -0.493 e. The van der Waals surface area contributed by atoms with Gasteiger partial charge in [0.1, 0.15) is 0 Å². The Bertz CT molecular complexity index is 1060. The van der Waals surface area contributed by atoms with Crippen molar-refractivity contribution in [2.45, 2.75) is 20.3 Å². The Hall–Kier alpha value is -3.61. The first kappa shape index (κ1) is 21.1. The molecule has 0 unspecified atom stereocenters. The molecule has 7 nitrogen and oxygen atoms in total. The lowest BCUT2D eigenvalue weighted by Crippen LogP contribution is -2.12. The SMILES string of the molecule is COc1cc(C(=O)Nc2cccc(-c3ccc(=O)[nH]n3)c2)ccc1OCCC(C)C. The fourth-order valence-corrected chi connectivity index (χ4v) is 2.80. The summed E-state index contributed by atoms with van der Waals surface area (Å²) in [6.07, 6.45) is 0.936. The second kappa shape index (κ2) is 9.73. The third-order valence-electron chi connectivity index (χ3n) is 4.47. The van der Waals surface area contributed by atoms with E-state index in [0.29, 0.717) is 41.0 Å². The van der Waals surface area contributed by atoms with Gasteiger partial charge in [-0.15, -0.1) is 0 Å². The summed E-state index contributed by atoms with van der Waals surface area (Å²) in [5, 5.41) is 9.29. The number of methoxy groups -OCH3 is 1. The average molecular weight is 407 g/mol. The molecule has 0 radical (unpaired) electrons. The van der Waals surface area contributed by atoms with Gasteiger partial charge >= 0.3 is 0 Å². The Morgan fingerprint density at radius 3 is 2.63 bits per heavy atom. The van der Waals surface area contributed by atoms with Crippen molar-refractivity contribution in [1.82, 2.24) is 10.2 Å². The van der Waals surface area contributed by atoms with Crippen LogP contribution in [0.15, 0.2) is 59.4 Å². The van der Waals surface area contributed by atoms with Crippen molar-refractivity contribution in [3.63, 3.8) is 0 Å². The van der Waals surface area contributed by atoms with Gasteiger partial charge in [0, 0.05) is 22.9 Å².